The topological polar surface area (TPSA) is 35.5 Å². The second-order valence-electron chi connectivity index (χ2n) is 10.7. The molecule has 40 heavy (non-hydrogen) atoms. The number of hydrogen-bond acceptors (Lipinski definition) is 3. The summed E-state index contributed by atoms with van der Waals surface area (Å²) >= 11 is 0. The van der Waals surface area contributed by atoms with Crippen LogP contribution in [-0.2, 0) is 5.41 Å². The van der Waals surface area contributed by atoms with E-state index in [4.69, 9.17) is 9.47 Å². The molecule has 0 aromatic heterocycles. The third-order valence-electron chi connectivity index (χ3n) is 7.49. The van der Waals surface area contributed by atoms with Crippen molar-refractivity contribution in [2.45, 2.75) is 33.1 Å². The molecule has 0 saturated carbocycles. The first-order chi connectivity index (χ1) is 19.3. The minimum atomic E-state index is -0.375. The van der Waals surface area contributed by atoms with Gasteiger partial charge < -0.3 is 9.47 Å². The number of rotatable bonds is 7. The number of carbonyl (C=O) groups excluding carboxylic acids is 1. The highest BCUT2D eigenvalue weighted by atomic mass is 16.5. The lowest BCUT2D eigenvalue weighted by Gasteiger charge is -2.28. The van der Waals surface area contributed by atoms with Crippen LogP contribution < -0.4 is 9.47 Å². The van der Waals surface area contributed by atoms with Crippen molar-refractivity contribution >= 4 is 5.97 Å². The normalized spacial score (nSPS) is 11.2. The number of esters is 1. The van der Waals surface area contributed by atoms with Crippen molar-refractivity contribution < 1.29 is 14.3 Å². The average Bonchev–Trinajstić information content (AvgIpc) is 2.97. The van der Waals surface area contributed by atoms with Crippen molar-refractivity contribution in [2.75, 3.05) is 7.11 Å². The zero-order chi connectivity index (χ0) is 28.3. The molecule has 3 heteroatoms. The molecule has 0 aliphatic rings. The Bertz CT molecular complexity index is 1660. The number of carbonyl (C=O) groups is 1. The lowest BCUT2D eigenvalue weighted by molar-refractivity contribution is 0.0735. The molecule has 0 radical (unpaired) electrons. The number of ether oxygens (including phenoxy) is 2. The Hall–Kier alpha value is -4.63. The van der Waals surface area contributed by atoms with Crippen LogP contribution in [0.3, 0.4) is 0 Å². The van der Waals surface area contributed by atoms with E-state index in [0.29, 0.717) is 11.3 Å². The first kappa shape index (κ1) is 27.0. The van der Waals surface area contributed by atoms with Gasteiger partial charge in [-0.2, -0.15) is 0 Å². The molecule has 0 saturated heterocycles. The maximum absolute atomic E-state index is 13.0. The van der Waals surface area contributed by atoms with E-state index >= 15 is 0 Å². The van der Waals surface area contributed by atoms with E-state index < -0.39 is 0 Å². The maximum Gasteiger partial charge on any atom is 0.343 e. The van der Waals surface area contributed by atoms with Crippen molar-refractivity contribution in [2.24, 2.45) is 0 Å². The minimum absolute atomic E-state index is 0.342. The zero-order valence-corrected chi connectivity index (χ0v) is 23.7. The van der Waals surface area contributed by atoms with E-state index in [9.17, 15) is 4.79 Å². The van der Waals surface area contributed by atoms with Gasteiger partial charge in [-0.25, -0.2) is 4.79 Å². The molecule has 0 heterocycles. The van der Waals surface area contributed by atoms with Crippen LogP contribution in [0.1, 0.15) is 46.5 Å². The largest absolute Gasteiger partial charge is 0.496 e. The molecule has 0 amide bonds. The summed E-state index contributed by atoms with van der Waals surface area (Å²) < 4.78 is 11.7. The summed E-state index contributed by atoms with van der Waals surface area (Å²) in [6, 6.07) is 38.4. The van der Waals surface area contributed by atoms with Gasteiger partial charge in [0, 0.05) is 16.5 Å². The highest BCUT2D eigenvalue weighted by Crippen LogP contribution is 2.41. The Labute approximate surface area is 237 Å². The SMILES string of the molecule is COc1ccc(C(C)(C)c2ccc(OC(=O)c3ccccc3)c(-c3cccc(C)c3)c2)cc1-c1cccc(C)c1. The minimum Gasteiger partial charge on any atom is -0.496 e. The molecule has 5 rings (SSSR count). The predicted molar refractivity (Wildman–Crippen MR) is 163 cm³/mol. The van der Waals surface area contributed by atoms with Crippen LogP contribution in [0.4, 0.5) is 0 Å². The van der Waals surface area contributed by atoms with Gasteiger partial charge >= 0.3 is 5.97 Å². The van der Waals surface area contributed by atoms with Gasteiger partial charge in [0.1, 0.15) is 11.5 Å². The lowest BCUT2D eigenvalue weighted by Crippen LogP contribution is -2.19. The molecule has 0 aliphatic heterocycles. The third kappa shape index (κ3) is 5.55. The summed E-state index contributed by atoms with van der Waals surface area (Å²) in [6.45, 7) is 8.61. The van der Waals surface area contributed by atoms with Gasteiger partial charge in [0.05, 0.1) is 12.7 Å². The summed E-state index contributed by atoms with van der Waals surface area (Å²) in [5.41, 5.74) is 8.86. The average molecular weight is 527 g/mol. The summed E-state index contributed by atoms with van der Waals surface area (Å²) in [6.07, 6.45) is 0. The summed E-state index contributed by atoms with van der Waals surface area (Å²) in [5.74, 6) is 1.00. The van der Waals surface area contributed by atoms with Gasteiger partial charge in [-0.3, -0.25) is 0 Å². The van der Waals surface area contributed by atoms with Crippen LogP contribution in [0, 0.1) is 13.8 Å². The highest BCUT2D eigenvalue weighted by molar-refractivity contribution is 5.92. The van der Waals surface area contributed by atoms with Crippen molar-refractivity contribution in [1.82, 2.24) is 0 Å². The Morgan fingerprint density at radius 3 is 1.65 bits per heavy atom. The zero-order valence-electron chi connectivity index (χ0n) is 23.7. The summed E-state index contributed by atoms with van der Waals surface area (Å²) in [5, 5.41) is 0. The molecule has 5 aromatic carbocycles. The second kappa shape index (κ2) is 11.2. The molecule has 0 aliphatic carbocycles. The molecule has 0 fully saturated rings. The molecule has 0 atom stereocenters. The molecule has 3 nitrogen and oxygen atoms in total. The van der Waals surface area contributed by atoms with Crippen molar-refractivity contribution in [3.8, 4) is 33.8 Å². The standard InChI is InChI=1S/C37H34O3/c1-25-11-9-15-28(21-25)32-23-30(17-19-34(32)39-5)37(3,4)31-18-20-35(40-36(38)27-13-7-6-8-14-27)33(24-31)29-16-10-12-26(2)22-29/h6-24H,1-5H3. The molecular formula is C37H34O3. The molecule has 0 unspecified atom stereocenters. The predicted octanol–water partition coefficient (Wildman–Crippen LogP) is 9.19. The Balaban J connectivity index is 1.59. The van der Waals surface area contributed by atoms with Crippen LogP contribution in [0.2, 0.25) is 0 Å². The summed E-state index contributed by atoms with van der Waals surface area (Å²) in [4.78, 5) is 13.0. The van der Waals surface area contributed by atoms with Gasteiger partial charge in [-0.15, -0.1) is 0 Å². The smallest absolute Gasteiger partial charge is 0.343 e. The van der Waals surface area contributed by atoms with Crippen LogP contribution >= 0.6 is 0 Å². The van der Waals surface area contributed by atoms with E-state index in [1.165, 1.54) is 5.56 Å². The molecular weight excluding hydrogens is 492 g/mol. The van der Waals surface area contributed by atoms with E-state index in [2.05, 4.69) is 94.4 Å². The van der Waals surface area contributed by atoms with Gasteiger partial charge in [0.15, 0.2) is 0 Å². The highest BCUT2D eigenvalue weighted by Gasteiger charge is 2.26. The van der Waals surface area contributed by atoms with Crippen molar-refractivity contribution in [1.29, 1.82) is 0 Å². The van der Waals surface area contributed by atoms with Crippen LogP contribution in [-0.4, -0.2) is 13.1 Å². The lowest BCUT2D eigenvalue weighted by atomic mass is 9.76. The van der Waals surface area contributed by atoms with Crippen molar-refractivity contribution in [3.63, 3.8) is 0 Å². The van der Waals surface area contributed by atoms with E-state index in [0.717, 1.165) is 44.7 Å². The maximum atomic E-state index is 13.0. The number of hydrogen-bond donors (Lipinski definition) is 0. The van der Waals surface area contributed by atoms with Gasteiger partial charge in [0.2, 0.25) is 0 Å². The molecule has 0 N–H and O–H groups in total. The van der Waals surface area contributed by atoms with Crippen LogP contribution in [0.5, 0.6) is 11.5 Å². The van der Waals surface area contributed by atoms with Crippen molar-refractivity contribution in [3.05, 3.63) is 143 Å². The molecule has 0 bridgehead atoms. The summed E-state index contributed by atoms with van der Waals surface area (Å²) in [7, 11) is 1.71. The second-order valence-corrected chi connectivity index (χ2v) is 10.7. The first-order valence-corrected chi connectivity index (χ1v) is 13.5. The molecule has 5 aromatic rings. The first-order valence-electron chi connectivity index (χ1n) is 13.5. The van der Waals surface area contributed by atoms with E-state index in [1.54, 1.807) is 19.2 Å². The van der Waals surface area contributed by atoms with Gasteiger partial charge in [-0.05, 0) is 72.5 Å². The van der Waals surface area contributed by atoms with Gasteiger partial charge in [-0.1, -0.05) is 104 Å². The fraction of sp³-hybridized carbons (Fsp3) is 0.162. The van der Waals surface area contributed by atoms with E-state index in [-0.39, 0.29) is 11.4 Å². The Kier molecular flexibility index (Phi) is 7.57. The Morgan fingerprint density at radius 2 is 1.12 bits per heavy atom. The Morgan fingerprint density at radius 1 is 0.600 bits per heavy atom. The monoisotopic (exact) mass is 526 g/mol. The fourth-order valence-electron chi connectivity index (χ4n) is 5.08. The fourth-order valence-corrected chi connectivity index (χ4v) is 5.08. The number of benzene rings is 5. The number of aryl methyl sites for hydroxylation is 2. The molecule has 200 valence electrons. The quantitative estimate of drug-likeness (QED) is 0.157. The third-order valence-corrected chi connectivity index (χ3v) is 7.49. The van der Waals surface area contributed by atoms with Gasteiger partial charge in [0.25, 0.3) is 0 Å². The van der Waals surface area contributed by atoms with Crippen LogP contribution in [0.15, 0.2) is 115 Å². The van der Waals surface area contributed by atoms with Crippen LogP contribution in [0.25, 0.3) is 22.3 Å². The molecule has 0 spiro atoms. The van der Waals surface area contributed by atoms with E-state index in [1.807, 2.05) is 36.4 Å². The number of methoxy groups -OCH3 is 1.